The van der Waals surface area contributed by atoms with Gasteiger partial charge in [0.1, 0.15) is 19.2 Å². The van der Waals surface area contributed by atoms with Crippen molar-refractivity contribution in [2.45, 2.75) is 70.8 Å². The molecule has 0 aliphatic rings. The highest BCUT2D eigenvalue weighted by Crippen LogP contribution is 2.10. The van der Waals surface area contributed by atoms with Gasteiger partial charge in [0, 0.05) is 18.8 Å². The van der Waals surface area contributed by atoms with E-state index in [1.165, 1.54) is 32.1 Å². The molecule has 0 radical (unpaired) electrons. The van der Waals surface area contributed by atoms with Crippen molar-refractivity contribution in [3.05, 3.63) is 0 Å². The van der Waals surface area contributed by atoms with Crippen molar-refractivity contribution in [2.75, 3.05) is 27.2 Å². The van der Waals surface area contributed by atoms with Crippen molar-refractivity contribution in [2.24, 2.45) is 0 Å². The highest BCUT2D eigenvalue weighted by Gasteiger charge is 2.23. The van der Waals surface area contributed by atoms with Crippen LogP contribution in [0.3, 0.4) is 0 Å². The van der Waals surface area contributed by atoms with Gasteiger partial charge in [0.25, 0.3) is 0 Å². The molecular formula is C17H33NO4. The van der Waals surface area contributed by atoms with Gasteiger partial charge in [0.05, 0.1) is 14.1 Å². The van der Waals surface area contributed by atoms with Crippen LogP contribution in [0.25, 0.3) is 0 Å². The number of carbonyl (C=O) groups is 2. The maximum atomic E-state index is 12.0. The quantitative estimate of drug-likeness (QED) is 0.387. The van der Waals surface area contributed by atoms with E-state index in [1.807, 2.05) is 14.1 Å². The summed E-state index contributed by atoms with van der Waals surface area (Å²) < 4.78 is 0.309. The number of carboxylic acid groups (broad SMARTS) is 1. The number of nitrogens with zero attached hydrogens (tertiary/aromatic N) is 1. The predicted octanol–water partition coefficient (Wildman–Crippen LogP) is 1.27. The Labute approximate surface area is 134 Å². The van der Waals surface area contributed by atoms with E-state index in [1.54, 1.807) is 0 Å². The summed E-state index contributed by atoms with van der Waals surface area (Å²) in [6, 6.07) is 0. The summed E-state index contributed by atoms with van der Waals surface area (Å²) in [4.78, 5) is 22.4. The van der Waals surface area contributed by atoms with Crippen molar-refractivity contribution in [1.82, 2.24) is 0 Å². The smallest absolute Gasteiger partial charge is 0.186 e. The molecule has 0 heterocycles. The van der Waals surface area contributed by atoms with E-state index in [2.05, 4.69) is 6.92 Å². The summed E-state index contributed by atoms with van der Waals surface area (Å²) in [6.07, 6.45) is 7.50. The lowest BCUT2D eigenvalue weighted by Crippen LogP contribution is -2.49. The molecule has 5 nitrogen and oxygen atoms in total. The second-order valence-corrected chi connectivity index (χ2v) is 6.92. The Morgan fingerprint density at radius 3 is 2.14 bits per heavy atom. The minimum atomic E-state index is -1.26. The number of quaternary nitrogens is 1. The molecule has 5 heteroatoms. The maximum absolute atomic E-state index is 12.0. The van der Waals surface area contributed by atoms with Gasteiger partial charge in [0.15, 0.2) is 5.78 Å². The van der Waals surface area contributed by atoms with Crippen LogP contribution in [0.1, 0.15) is 64.7 Å². The van der Waals surface area contributed by atoms with Crippen molar-refractivity contribution in [1.29, 1.82) is 0 Å². The number of ketones is 1. The lowest BCUT2D eigenvalue weighted by molar-refractivity contribution is -0.885. The molecule has 0 aliphatic carbocycles. The van der Waals surface area contributed by atoms with Crippen LogP contribution >= 0.6 is 0 Å². The van der Waals surface area contributed by atoms with Crippen LogP contribution in [0.2, 0.25) is 0 Å². The predicted molar refractivity (Wildman–Crippen MR) is 85.1 cm³/mol. The van der Waals surface area contributed by atoms with E-state index < -0.39 is 12.1 Å². The number of aliphatic hydroxyl groups is 1. The monoisotopic (exact) mass is 315 g/mol. The first-order valence-corrected chi connectivity index (χ1v) is 8.48. The van der Waals surface area contributed by atoms with E-state index in [9.17, 15) is 19.8 Å². The highest BCUT2D eigenvalue weighted by molar-refractivity contribution is 5.79. The number of likely N-dealkylation sites (N-methyl/N-ethyl adjacent to an activating group) is 1. The topological polar surface area (TPSA) is 77.4 Å². The fourth-order valence-corrected chi connectivity index (χ4v) is 2.73. The number of aliphatic carboxylic acids is 1. The molecule has 0 aromatic carbocycles. The summed E-state index contributed by atoms with van der Waals surface area (Å²) >= 11 is 0. The van der Waals surface area contributed by atoms with Crippen LogP contribution < -0.4 is 5.11 Å². The standard InChI is InChI=1S/C17H33NO4/c1-4-5-6-7-8-9-10-11-15(19)13-18(2,3)14-16(20)12-17(21)22/h16,20H,4-14H2,1-3H3. The minimum absolute atomic E-state index is 0.180. The zero-order valence-corrected chi connectivity index (χ0v) is 14.5. The number of hydrogen-bond acceptors (Lipinski definition) is 4. The van der Waals surface area contributed by atoms with Crippen LogP contribution in [0.5, 0.6) is 0 Å². The van der Waals surface area contributed by atoms with Crippen molar-refractivity contribution in [3.8, 4) is 0 Å². The SMILES string of the molecule is CCCCCCCCCC(=O)C[N+](C)(C)CC(O)CC(=O)[O-]. The van der Waals surface area contributed by atoms with Gasteiger partial charge in [-0.15, -0.1) is 0 Å². The third kappa shape index (κ3) is 12.8. The number of hydrogen-bond donors (Lipinski definition) is 1. The van der Waals surface area contributed by atoms with Gasteiger partial charge < -0.3 is 19.5 Å². The molecular weight excluding hydrogens is 282 g/mol. The van der Waals surface area contributed by atoms with Gasteiger partial charge >= 0.3 is 0 Å². The molecule has 0 amide bonds. The van der Waals surface area contributed by atoms with E-state index in [4.69, 9.17) is 0 Å². The summed E-state index contributed by atoms with van der Waals surface area (Å²) in [7, 11) is 3.67. The Balaban J connectivity index is 3.81. The number of carbonyl (C=O) groups excluding carboxylic acids is 2. The van der Waals surface area contributed by atoms with Gasteiger partial charge in [0.2, 0.25) is 0 Å². The maximum Gasteiger partial charge on any atom is 0.186 e. The second-order valence-electron chi connectivity index (χ2n) is 6.92. The number of Topliss-reactive ketones (excluding diaryl/α,β-unsaturated/α-hetero) is 1. The Bertz CT molecular complexity index is 329. The molecule has 0 spiro atoms. The molecule has 0 bridgehead atoms. The third-order valence-corrected chi connectivity index (χ3v) is 3.77. The van der Waals surface area contributed by atoms with Gasteiger partial charge in [-0.1, -0.05) is 45.4 Å². The minimum Gasteiger partial charge on any atom is -0.550 e. The van der Waals surface area contributed by atoms with E-state index in [-0.39, 0.29) is 18.7 Å². The van der Waals surface area contributed by atoms with Gasteiger partial charge in [-0.3, -0.25) is 4.79 Å². The van der Waals surface area contributed by atoms with E-state index >= 15 is 0 Å². The summed E-state index contributed by atoms with van der Waals surface area (Å²) in [5.41, 5.74) is 0. The average molecular weight is 315 g/mol. The lowest BCUT2D eigenvalue weighted by atomic mass is 10.1. The number of carboxylic acids is 1. The zero-order valence-electron chi connectivity index (χ0n) is 14.5. The van der Waals surface area contributed by atoms with Crippen LogP contribution in [-0.2, 0) is 9.59 Å². The molecule has 0 aliphatic heterocycles. The number of rotatable bonds is 14. The van der Waals surface area contributed by atoms with Gasteiger partial charge in [-0.05, 0) is 6.42 Å². The number of unbranched alkanes of at least 4 members (excludes halogenated alkanes) is 6. The molecule has 0 fully saturated rings. The Hall–Kier alpha value is -0.940. The molecule has 130 valence electrons. The van der Waals surface area contributed by atoms with Crippen LogP contribution in [-0.4, -0.2) is 54.6 Å². The first-order valence-electron chi connectivity index (χ1n) is 8.48. The van der Waals surface area contributed by atoms with Crippen LogP contribution in [0.15, 0.2) is 0 Å². The highest BCUT2D eigenvalue weighted by atomic mass is 16.4. The Morgan fingerprint density at radius 2 is 1.59 bits per heavy atom. The average Bonchev–Trinajstić information content (AvgIpc) is 2.35. The van der Waals surface area contributed by atoms with Gasteiger partial charge in [-0.2, -0.15) is 0 Å². The molecule has 1 atom stereocenters. The van der Waals surface area contributed by atoms with Crippen LogP contribution in [0.4, 0.5) is 0 Å². The molecule has 0 saturated carbocycles. The largest absolute Gasteiger partial charge is 0.550 e. The number of aliphatic hydroxyl groups excluding tert-OH is 1. The first-order chi connectivity index (χ1) is 10.3. The molecule has 0 rings (SSSR count). The third-order valence-electron chi connectivity index (χ3n) is 3.77. The summed E-state index contributed by atoms with van der Waals surface area (Å²) in [5.74, 6) is -1.08. The molecule has 0 aromatic heterocycles. The van der Waals surface area contributed by atoms with E-state index in [0.29, 0.717) is 17.4 Å². The zero-order chi connectivity index (χ0) is 17.0. The molecule has 1 N–H and O–H groups in total. The lowest BCUT2D eigenvalue weighted by Gasteiger charge is -2.31. The fourth-order valence-electron chi connectivity index (χ4n) is 2.73. The van der Waals surface area contributed by atoms with Crippen molar-refractivity contribution < 1.29 is 24.3 Å². The first kappa shape index (κ1) is 21.1. The van der Waals surface area contributed by atoms with Crippen molar-refractivity contribution in [3.63, 3.8) is 0 Å². The second kappa shape index (κ2) is 11.6. The summed E-state index contributed by atoms with van der Waals surface area (Å²) in [6.45, 7) is 2.78. The van der Waals surface area contributed by atoms with Gasteiger partial charge in [-0.25, -0.2) is 0 Å². The Morgan fingerprint density at radius 1 is 1.05 bits per heavy atom. The van der Waals surface area contributed by atoms with Crippen molar-refractivity contribution >= 4 is 11.8 Å². The molecule has 1 unspecified atom stereocenters. The molecule has 0 aromatic rings. The molecule has 22 heavy (non-hydrogen) atoms. The normalized spacial score (nSPS) is 13.1. The Kier molecular flexibility index (Phi) is 11.1. The van der Waals surface area contributed by atoms with Crippen LogP contribution in [0, 0.1) is 0 Å². The summed E-state index contributed by atoms with van der Waals surface area (Å²) in [5, 5.41) is 20.1. The molecule has 0 saturated heterocycles. The fraction of sp³-hybridized carbons (Fsp3) is 0.882. The van der Waals surface area contributed by atoms with E-state index in [0.717, 1.165) is 12.8 Å².